The molecule has 0 amide bonds. The predicted molar refractivity (Wildman–Crippen MR) is 76.6 cm³/mol. The molecule has 0 bridgehead atoms. The van der Waals surface area contributed by atoms with Gasteiger partial charge in [-0.2, -0.15) is 0 Å². The normalized spacial score (nSPS) is 15.3. The number of hydrogen-bond acceptors (Lipinski definition) is 3. The van der Waals surface area contributed by atoms with Gasteiger partial charge in [-0.3, -0.25) is 0 Å². The minimum atomic E-state index is 0.437. The van der Waals surface area contributed by atoms with E-state index in [2.05, 4.69) is 39.0 Å². The van der Waals surface area contributed by atoms with Gasteiger partial charge in [0.1, 0.15) is 5.76 Å². The van der Waals surface area contributed by atoms with Crippen LogP contribution in [0.4, 0.5) is 5.69 Å². The molecule has 0 aromatic heterocycles. The molecular weight excluding hydrogens is 230 g/mol. The second kappa shape index (κ2) is 3.98. The lowest BCUT2D eigenvalue weighted by atomic mass is 9.91. The van der Waals surface area contributed by atoms with Gasteiger partial charge in [0, 0.05) is 17.5 Å². The number of anilines is 1. The molecule has 0 radical (unpaired) electrons. The summed E-state index contributed by atoms with van der Waals surface area (Å²) in [7, 11) is 2.06. The van der Waals surface area contributed by atoms with Gasteiger partial charge in [-0.15, -0.1) is 0 Å². The van der Waals surface area contributed by atoms with Crippen molar-refractivity contribution in [3.8, 4) is 0 Å². The number of rotatable bonds is 0. The molecule has 0 saturated carbocycles. The van der Waals surface area contributed by atoms with Crippen molar-refractivity contribution < 1.29 is 5.11 Å². The fourth-order valence-electron chi connectivity index (χ4n) is 2.45. The van der Waals surface area contributed by atoms with Gasteiger partial charge in [-0.25, -0.2) is 0 Å². The van der Waals surface area contributed by atoms with Crippen LogP contribution >= 0.6 is 11.9 Å². The summed E-state index contributed by atoms with van der Waals surface area (Å²) in [5.41, 5.74) is 7.20. The number of fused-ring (bicyclic) bond motifs is 1. The largest absolute Gasteiger partial charge is 0.506 e. The third-order valence-corrected chi connectivity index (χ3v) is 4.74. The van der Waals surface area contributed by atoms with Crippen molar-refractivity contribution in [2.75, 3.05) is 11.4 Å². The van der Waals surface area contributed by atoms with Crippen molar-refractivity contribution in [2.24, 2.45) is 0 Å². The third-order valence-electron chi connectivity index (χ3n) is 3.81. The Morgan fingerprint density at radius 2 is 1.41 bits per heavy atom. The molecule has 1 N–H and O–H groups in total. The van der Waals surface area contributed by atoms with Gasteiger partial charge in [-0.1, -0.05) is 0 Å². The molecule has 17 heavy (non-hydrogen) atoms. The number of hydrogen-bond donors (Lipinski definition) is 1. The Kier molecular flexibility index (Phi) is 2.90. The van der Waals surface area contributed by atoms with Crippen molar-refractivity contribution in [3.05, 3.63) is 32.7 Å². The van der Waals surface area contributed by atoms with Gasteiger partial charge in [-0.05, 0) is 68.8 Å². The first-order valence-electron chi connectivity index (χ1n) is 5.78. The van der Waals surface area contributed by atoms with Crippen molar-refractivity contribution in [1.29, 1.82) is 0 Å². The van der Waals surface area contributed by atoms with Crippen LogP contribution in [0.3, 0.4) is 0 Å². The van der Waals surface area contributed by atoms with E-state index in [1.54, 1.807) is 11.9 Å². The first-order valence-corrected chi connectivity index (χ1v) is 6.55. The van der Waals surface area contributed by atoms with Crippen molar-refractivity contribution in [2.45, 2.75) is 34.6 Å². The molecular formula is C14H19NOS. The van der Waals surface area contributed by atoms with Crippen LogP contribution in [0.5, 0.6) is 0 Å². The first-order chi connectivity index (χ1) is 7.86. The van der Waals surface area contributed by atoms with Crippen LogP contribution in [0, 0.1) is 27.7 Å². The fourth-order valence-corrected chi connectivity index (χ4v) is 3.37. The highest BCUT2D eigenvalue weighted by Crippen LogP contribution is 2.45. The van der Waals surface area contributed by atoms with Crippen LogP contribution in [-0.4, -0.2) is 12.2 Å². The van der Waals surface area contributed by atoms with E-state index < -0.39 is 0 Å². The van der Waals surface area contributed by atoms with Crippen LogP contribution < -0.4 is 4.31 Å². The van der Waals surface area contributed by atoms with E-state index in [-0.39, 0.29) is 0 Å². The lowest BCUT2D eigenvalue weighted by Crippen LogP contribution is -2.17. The molecule has 1 aliphatic heterocycles. The lowest BCUT2D eigenvalue weighted by molar-refractivity contribution is 0.508. The highest BCUT2D eigenvalue weighted by molar-refractivity contribution is 8.04. The molecule has 3 heteroatoms. The van der Waals surface area contributed by atoms with Gasteiger partial charge in [0.25, 0.3) is 0 Å². The summed E-state index contributed by atoms with van der Waals surface area (Å²) >= 11 is 1.59. The molecule has 0 spiro atoms. The molecule has 0 atom stereocenters. The molecule has 2 nitrogen and oxygen atoms in total. The second-order valence-electron chi connectivity index (χ2n) is 4.72. The minimum absolute atomic E-state index is 0.437. The molecule has 1 heterocycles. The monoisotopic (exact) mass is 249 g/mol. The molecule has 0 saturated heterocycles. The Hall–Kier alpha value is -1.09. The Bertz CT molecular complexity index is 532. The zero-order valence-electron chi connectivity index (χ0n) is 11.3. The number of allylic oxidation sites excluding steroid dienone is 1. The Morgan fingerprint density at radius 1 is 0.882 bits per heavy atom. The van der Waals surface area contributed by atoms with Crippen LogP contribution in [-0.2, 0) is 0 Å². The maximum atomic E-state index is 10.3. The van der Waals surface area contributed by atoms with Crippen LogP contribution in [0.1, 0.15) is 34.7 Å². The highest BCUT2D eigenvalue weighted by Gasteiger charge is 2.26. The summed E-state index contributed by atoms with van der Waals surface area (Å²) in [6.45, 7) is 10.5. The smallest absolute Gasteiger partial charge is 0.136 e. The zero-order chi connectivity index (χ0) is 12.9. The van der Waals surface area contributed by atoms with E-state index in [0.29, 0.717) is 5.76 Å². The van der Waals surface area contributed by atoms with E-state index in [1.165, 1.54) is 22.3 Å². The van der Waals surface area contributed by atoms with Crippen LogP contribution in [0.2, 0.25) is 0 Å². The summed E-state index contributed by atoms with van der Waals surface area (Å²) in [6, 6.07) is 0. The summed E-state index contributed by atoms with van der Waals surface area (Å²) in [6.07, 6.45) is 0. The summed E-state index contributed by atoms with van der Waals surface area (Å²) < 4.78 is 2.15. The van der Waals surface area contributed by atoms with Gasteiger partial charge >= 0.3 is 0 Å². The molecule has 1 aliphatic rings. The third kappa shape index (κ3) is 1.64. The van der Waals surface area contributed by atoms with Gasteiger partial charge in [0.15, 0.2) is 0 Å². The van der Waals surface area contributed by atoms with Crippen molar-refractivity contribution in [3.63, 3.8) is 0 Å². The first kappa shape index (κ1) is 12.4. The standard InChI is InChI=1S/C14H19NOS/c1-7-8(2)10(4)13-12(9(7)3)14(16)11(5)17-15(13)6/h16H,1-6H3. The molecule has 0 aliphatic carbocycles. The average molecular weight is 249 g/mol. The maximum absolute atomic E-state index is 10.3. The maximum Gasteiger partial charge on any atom is 0.136 e. The SMILES string of the molecule is CC1=C(O)c2c(C)c(C)c(C)c(C)c2N(C)S1. The zero-order valence-corrected chi connectivity index (χ0v) is 12.1. The number of benzene rings is 1. The molecule has 1 aromatic rings. The average Bonchev–Trinajstić information content (AvgIpc) is 2.28. The van der Waals surface area contributed by atoms with E-state index in [4.69, 9.17) is 0 Å². The Morgan fingerprint density at radius 3 is 2.00 bits per heavy atom. The van der Waals surface area contributed by atoms with Crippen LogP contribution in [0.15, 0.2) is 4.91 Å². The van der Waals surface area contributed by atoms with Crippen LogP contribution in [0.25, 0.3) is 5.76 Å². The van der Waals surface area contributed by atoms with Gasteiger partial charge in [0.05, 0.1) is 5.69 Å². The summed E-state index contributed by atoms with van der Waals surface area (Å²) in [5, 5.41) is 10.3. The van der Waals surface area contributed by atoms with E-state index >= 15 is 0 Å². The lowest BCUT2D eigenvalue weighted by Gasteiger charge is -2.31. The second-order valence-corrected chi connectivity index (χ2v) is 6.06. The topological polar surface area (TPSA) is 23.5 Å². The minimum Gasteiger partial charge on any atom is -0.506 e. The van der Waals surface area contributed by atoms with Gasteiger partial charge in [0.2, 0.25) is 0 Å². The molecule has 1 aromatic carbocycles. The van der Waals surface area contributed by atoms with Crippen molar-refractivity contribution >= 4 is 23.4 Å². The van der Waals surface area contributed by atoms with Crippen molar-refractivity contribution in [1.82, 2.24) is 0 Å². The van der Waals surface area contributed by atoms with E-state index in [1.807, 2.05) is 6.92 Å². The molecule has 0 unspecified atom stereocenters. The van der Waals surface area contributed by atoms with E-state index in [9.17, 15) is 5.11 Å². The molecule has 0 fully saturated rings. The molecule has 2 rings (SSSR count). The summed E-state index contributed by atoms with van der Waals surface area (Å²) in [5.74, 6) is 0.437. The molecule has 92 valence electrons. The summed E-state index contributed by atoms with van der Waals surface area (Å²) in [4.78, 5) is 0.964. The number of nitrogens with zero attached hydrogens (tertiary/aromatic N) is 1. The highest BCUT2D eigenvalue weighted by atomic mass is 32.2. The van der Waals surface area contributed by atoms with E-state index in [0.717, 1.165) is 16.2 Å². The fraction of sp³-hybridized carbons (Fsp3) is 0.429. The quantitative estimate of drug-likeness (QED) is 0.695. The number of aliphatic hydroxyl groups is 1. The Balaban J connectivity index is 2.90. The Labute approximate surface area is 107 Å². The van der Waals surface area contributed by atoms with Gasteiger partial charge < -0.3 is 9.41 Å². The predicted octanol–water partition coefficient (Wildman–Crippen LogP) is 4.26. The number of aliphatic hydroxyl groups excluding tert-OH is 1.